The predicted octanol–water partition coefficient (Wildman–Crippen LogP) is 2.44. The Morgan fingerprint density at radius 2 is 1.29 bits per heavy atom. The molecule has 3 nitrogen and oxygen atoms in total. The van der Waals surface area contributed by atoms with E-state index in [1.54, 1.807) is 24.3 Å². The van der Waals surface area contributed by atoms with Crippen LogP contribution in [0.2, 0.25) is 13.1 Å². The van der Waals surface area contributed by atoms with Gasteiger partial charge in [0.2, 0.25) is 0 Å². The lowest BCUT2D eigenvalue weighted by molar-refractivity contribution is 0.0678. The van der Waals surface area contributed by atoms with Crippen LogP contribution >= 0.6 is 0 Å². The van der Waals surface area contributed by atoms with Gasteiger partial charge in [-0.05, 0) is 12.1 Å². The van der Waals surface area contributed by atoms with Gasteiger partial charge >= 0.3 is 0 Å². The maximum absolute atomic E-state index is 12.4. The normalized spacial score (nSPS) is 14.5. The summed E-state index contributed by atoms with van der Waals surface area (Å²) in [5, 5.41) is 1.25. The van der Waals surface area contributed by atoms with Crippen LogP contribution in [0.4, 0.5) is 0 Å². The highest BCUT2D eigenvalue weighted by atomic mass is 28.3. The van der Waals surface area contributed by atoms with E-state index >= 15 is 0 Å². The van der Waals surface area contributed by atoms with Gasteiger partial charge in [-0.25, -0.2) is 0 Å². The molecule has 21 heavy (non-hydrogen) atoms. The zero-order chi connectivity index (χ0) is 15.0. The van der Waals surface area contributed by atoms with E-state index in [2.05, 4.69) is 25.2 Å². The van der Waals surface area contributed by atoms with Crippen LogP contribution in [-0.4, -0.2) is 31.0 Å². The van der Waals surface area contributed by atoms with Crippen LogP contribution in [0.1, 0.15) is 20.7 Å². The molecule has 0 unspecified atom stereocenters. The Morgan fingerprint density at radius 1 is 0.810 bits per heavy atom. The summed E-state index contributed by atoms with van der Waals surface area (Å²) in [6, 6.07) is 17.2. The largest absolute Gasteiger partial charge is 0.277 e. The molecular formula is C17H17NO2Si. The second kappa shape index (κ2) is 4.97. The molecule has 0 spiro atoms. The van der Waals surface area contributed by atoms with Crippen molar-refractivity contribution < 1.29 is 9.59 Å². The molecule has 1 aliphatic rings. The average molecular weight is 295 g/mol. The van der Waals surface area contributed by atoms with Crippen molar-refractivity contribution in [3.05, 3.63) is 65.7 Å². The van der Waals surface area contributed by atoms with Crippen molar-refractivity contribution in [3.8, 4) is 0 Å². The maximum atomic E-state index is 12.4. The fourth-order valence-electron chi connectivity index (χ4n) is 2.76. The first kappa shape index (κ1) is 13.8. The Kier molecular flexibility index (Phi) is 3.26. The number of nitrogens with zero attached hydrogens (tertiary/aromatic N) is 1. The third kappa shape index (κ3) is 2.32. The first-order valence-corrected chi connectivity index (χ1v) is 10.2. The summed E-state index contributed by atoms with van der Waals surface area (Å²) in [6.45, 7) is 4.37. The third-order valence-corrected chi connectivity index (χ3v) is 6.99. The van der Waals surface area contributed by atoms with Crippen LogP contribution in [0.5, 0.6) is 0 Å². The molecule has 2 aromatic rings. The number of rotatable bonds is 3. The minimum absolute atomic E-state index is 0.160. The van der Waals surface area contributed by atoms with E-state index in [-0.39, 0.29) is 11.8 Å². The number of imide groups is 1. The Morgan fingerprint density at radius 3 is 1.81 bits per heavy atom. The monoisotopic (exact) mass is 295 g/mol. The predicted molar refractivity (Wildman–Crippen MR) is 85.4 cm³/mol. The van der Waals surface area contributed by atoms with Gasteiger partial charge in [0.05, 0.1) is 11.1 Å². The van der Waals surface area contributed by atoms with E-state index in [0.29, 0.717) is 17.3 Å². The molecule has 0 bridgehead atoms. The van der Waals surface area contributed by atoms with Crippen LogP contribution < -0.4 is 5.19 Å². The van der Waals surface area contributed by atoms with Crippen LogP contribution in [-0.2, 0) is 0 Å². The number of hydrogen-bond donors (Lipinski definition) is 0. The zero-order valence-electron chi connectivity index (χ0n) is 12.2. The summed E-state index contributed by atoms with van der Waals surface area (Å²) in [6.07, 6.45) is 0.517. The number of hydrogen-bond acceptors (Lipinski definition) is 2. The number of benzene rings is 2. The van der Waals surface area contributed by atoms with Gasteiger partial charge in [0.15, 0.2) is 0 Å². The number of carbonyl (C=O) groups excluding carboxylic acids is 2. The molecule has 1 heterocycles. The molecule has 0 atom stereocenters. The molecule has 4 heteroatoms. The van der Waals surface area contributed by atoms with E-state index in [4.69, 9.17) is 0 Å². The van der Waals surface area contributed by atoms with Gasteiger partial charge in [0.25, 0.3) is 11.8 Å². The summed E-state index contributed by atoms with van der Waals surface area (Å²) in [5.74, 6) is -0.320. The van der Waals surface area contributed by atoms with Gasteiger partial charge in [-0.15, -0.1) is 0 Å². The molecule has 0 saturated carbocycles. The molecule has 3 rings (SSSR count). The van der Waals surface area contributed by atoms with E-state index < -0.39 is 8.07 Å². The minimum Gasteiger partial charge on any atom is -0.277 e. The van der Waals surface area contributed by atoms with Crippen molar-refractivity contribution in [2.24, 2.45) is 0 Å². The first-order valence-electron chi connectivity index (χ1n) is 7.01. The summed E-state index contributed by atoms with van der Waals surface area (Å²) >= 11 is 0. The number of carbonyl (C=O) groups is 2. The van der Waals surface area contributed by atoms with Gasteiger partial charge in [0.1, 0.15) is 8.07 Å². The van der Waals surface area contributed by atoms with Crippen molar-refractivity contribution in [3.63, 3.8) is 0 Å². The maximum Gasteiger partial charge on any atom is 0.261 e. The highest BCUT2D eigenvalue weighted by molar-refractivity contribution is 6.90. The molecule has 2 amide bonds. The Bertz CT molecular complexity index is 675. The molecule has 0 fully saturated rings. The van der Waals surface area contributed by atoms with Crippen molar-refractivity contribution >= 4 is 25.1 Å². The highest BCUT2D eigenvalue weighted by Gasteiger charge is 2.39. The SMILES string of the molecule is C[Si](C)(CN1C(=O)c2ccccc2C1=O)c1ccccc1. The Hall–Kier alpha value is -2.20. The average Bonchev–Trinajstić information content (AvgIpc) is 2.74. The lowest BCUT2D eigenvalue weighted by Crippen LogP contribution is -2.53. The smallest absolute Gasteiger partial charge is 0.261 e. The lowest BCUT2D eigenvalue weighted by Gasteiger charge is -2.27. The Labute approximate surface area is 125 Å². The van der Waals surface area contributed by atoms with Gasteiger partial charge in [-0.1, -0.05) is 60.7 Å². The van der Waals surface area contributed by atoms with Gasteiger partial charge < -0.3 is 0 Å². The first-order chi connectivity index (χ1) is 10.0. The van der Waals surface area contributed by atoms with Crippen molar-refractivity contribution in [1.29, 1.82) is 0 Å². The van der Waals surface area contributed by atoms with Crippen molar-refractivity contribution in [2.75, 3.05) is 6.17 Å². The van der Waals surface area contributed by atoms with Crippen LogP contribution in [0, 0.1) is 0 Å². The van der Waals surface area contributed by atoms with Gasteiger partial charge in [0, 0.05) is 6.17 Å². The fraction of sp³-hybridized carbons (Fsp3) is 0.176. The summed E-state index contributed by atoms with van der Waals surface area (Å²) < 4.78 is 0. The van der Waals surface area contributed by atoms with Crippen LogP contribution in [0.25, 0.3) is 0 Å². The molecule has 106 valence electrons. The third-order valence-electron chi connectivity index (χ3n) is 3.99. The number of amides is 2. The lowest BCUT2D eigenvalue weighted by atomic mass is 10.1. The second-order valence-electron chi connectivity index (χ2n) is 5.99. The fourth-order valence-corrected chi connectivity index (χ4v) is 5.11. The highest BCUT2D eigenvalue weighted by Crippen LogP contribution is 2.23. The van der Waals surface area contributed by atoms with Crippen molar-refractivity contribution in [2.45, 2.75) is 13.1 Å². The van der Waals surface area contributed by atoms with E-state index in [1.165, 1.54) is 10.1 Å². The molecule has 0 N–H and O–H groups in total. The topological polar surface area (TPSA) is 37.4 Å². The molecule has 0 aromatic heterocycles. The number of fused-ring (bicyclic) bond motifs is 1. The summed E-state index contributed by atoms with van der Waals surface area (Å²) in [4.78, 5) is 26.3. The molecular weight excluding hydrogens is 278 g/mol. The molecule has 1 aliphatic heterocycles. The quantitative estimate of drug-likeness (QED) is 0.644. The van der Waals surface area contributed by atoms with Gasteiger partial charge in [-0.3, -0.25) is 14.5 Å². The molecule has 0 radical (unpaired) electrons. The standard InChI is InChI=1S/C17H17NO2Si/c1-21(2,13-8-4-3-5-9-13)12-18-16(19)14-10-6-7-11-15(14)17(18)20/h3-11H,12H2,1-2H3. The van der Waals surface area contributed by atoms with E-state index in [9.17, 15) is 9.59 Å². The van der Waals surface area contributed by atoms with E-state index in [0.717, 1.165) is 0 Å². The molecule has 2 aromatic carbocycles. The molecule has 0 saturated heterocycles. The van der Waals surface area contributed by atoms with Gasteiger partial charge in [-0.2, -0.15) is 0 Å². The summed E-state index contributed by atoms with van der Waals surface area (Å²) in [5.41, 5.74) is 1.06. The van der Waals surface area contributed by atoms with Crippen molar-refractivity contribution in [1.82, 2.24) is 4.90 Å². The summed E-state index contributed by atoms with van der Waals surface area (Å²) in [7, 11) is -1.88. The Balaban J connectivity index is 1.90. The zero-order valence-corrected chi connectivity index (χ0v) is 13.2. The second-order valence-corrected chi connectivity index (χ2v) is 10.7. The molecule has 0 aliphatic carbocycles. The van der Waals surface area contributed by atoms with Crippen LogP contribution in [0.3, 0.4) is 0 Å². The van der Waals surface area contributed by atoms with E-state index in [1.807, 2.05) is 18.2 Å². The minimum atomic E-state index is -1.88. The van der Waals surface area contributed by atoms with Crippen LogP contribution in [0.15, 0.2) is 54.6 Å².